The minimum absolute atomic E-state index is 0.234. The monoisotopic (exact) mass is 708 g/mol. The number of carbonyl (C=O) groups is 1. The van der Waals surface area contributed by atoms with Gasteiger partial charge in [-0.15, -0.1) is 0 Å². The largest absolute Gasteiger partial charge is 0.494 e. The molecule has 0 unspecified atom stereocenters. The van der Waals surface area contributed by atoms with E-state index in [9.17, 15) is 18.3 Å². The Labute approximate surface area is 296 Å². The number of piperidine rings is 1. The highest BCUT2D eigenvalue weighted by molar-refractivity contribution is 7.99. The number of ether oxygens (including phenoxy) is 1. The van der Waals surface area contributed by atoms with Crippen molar-refractivity contribution < 1.29 is 32.4 Å². The van der Waals surface area contributed by atoms with Crippen molar-refractivity contribution in [1.82, 2.24) is 4.90 Å². The number of nitrogens with zero attached hydrogens (tertiary/aromatic N) is 1. The molecule has 3 aromatic carbocycles. The van der Waals surface area contributed by atoms with Crippen LogP contribution in [0.3, 0.4) is 0 Å². The van der Waals surface area contributed by atoms with Gasteiger partial charge in [0.15, 0.2) is 9.84 Å². The van der Waals surface area contributed by atoms with E-state index < -0.39 is 33.8 Å². The third-order valence-corrected chi connectivity index (χ3v) is 12.2. The summed E-state index contributed by atoms with van der Waals surface area (Å²) in [4.78, 5) is 17.1. The lowest BCUT2D eigenvalue weighted by molar-refractivity contribution is -0.0309. The van der Waals surface area contributed by atoms with Crippen molar-refractivity contribution in [3.63, 3.8) is 0 Å². The number of hydrogen-bond acceptors (Lipinski definition) is 8. The number of carbonyl (C=O) groups excluding carboxylic acids is 1. The van der Waals surface area contributed by atoms with E-state index in [1.54, 1.807) is 35.2 Å². The molecule has 264 valence electrons. The third kappa shape index (κ3) is 9.21. The molecule has 0 spiro atoms. The molecule has 2 aliphatic heterocycles. The fourth-order valence-electron chi connectivity index (χ4n) is 6.11. The van der Waals surface area contributed by atoms with Gasteiger partial charge in [-0.3, -0.25) is 0 Å². The van der Waals surface area contributed by atoms with Crippen LogP contribution in [-0.4, -0.2) is 67.7 Å². The van der Waals surface area contributed by atoms with Gasteiger partial charge in [0.25, 0.3) is 0 Å². The number of nitrogens with one attached hydrogen (secondary N) is 1. The number of benzene rings is 3. The van der Waals surface area contributed by atoms with Crippen molar-refractivity contribution in [2.24, 2.45) is 5.92 Å². The van der Waals surface area contributed by atoms with Gasteiger partial charge in [-0.1, -0.05) is 50.6 Å². The van der Waals surface area contributed by atoms with Gasteiger partial charge in [-0.05, 0) is 107 Å². The average Bonchev–Trinajstić information content (AvgIpc) is 3.26. The minimum Gasteiger partial charge on any atom is -0.457 e. The van der Waals surface area contributed by atoms with E-state index in [2.05, 4.69) is 19.2 Å². The van der Waals surface area contributed by atoms with Crippen molar-refractivity contribution in [3.8, 4) is 11.5 Å². The predicted octanol–water partition coefficient (Wildman–Crippen LogP) is 7.52. The van der Waals surface area contributed by atoms with Crippen LogP contribution in [0.2, 0.25) is 0 Å². The van der Waals surface area contributed by atoms with Crippen molar-refractivity contribution in [2.45, 2.75) is 105 Å². The molecule has 2 heterocycles. The van der Waals surface area contributed by atoms with Crippen LogP contribution in [0, 0.1) is 5.92 Å². The van der Waals surface area contributed by atoms with E-state index >= 15 is 0 Å². The first-order valence-electron chi connectivity index (χ1n) is 17.0. The topological polar surface area (TPSA) is 114 Å². The molecule has 3 aromatic rings. The minimum atomic E-state index is -3.31. The normalized spacial score (nSPS) is 18.5. The molecular formula is C37H49BN2O7S2. The standard InChI is InChI=1S/C37H49BN2O7S2/c1-8-26(9-2)25-37(42)18-20-40(21-19-37)34(41)39-28-22-30(24-32(23-28)48-31-14-16-33(17-15-31)49(7,43)44)45-29-12-10-27(11-13-29)38-46-35(3,4)36(5,6)47-38/h10-17,22-24,26,42H,8-9,18-21,25H2,1-7H3,(H,39,41). The van der Waals surface area contributed by atoms with Crippen LogP contribution >= 0.6 is 11.8 Å². The second-order valence-corrected chi connectivity index (χ2v) is 17.5. The summed E-state index contributed by atoms with van der Waals surface area (Å²) in [6.45, 7) is 13.3. The molecule has 2 aliphatic rings. The predicted molar refractivity (Wildman–Crippen MR) is 196 cm³/mol. The zero-order valence-corrected chi connectivity index (χ0v) is 31.2. The average molecular weight is 709 g/mol. The maximum Gasteiger partial charge on any atom is 0.494 e. The number of anilines is 1. The summed E-state index contributed by atoms with van der Waals surface area (Å²) in [6, 6.07) is 19.6. The van der Waals surface area contributed by atoms with Crippen LogP contribution in [0.4, 0.5) is 10.5 Å². The quantitative estimate of drug-likeness (QED) is 0.197. The molecule has 0 aliphatic carbocycles. The summed E-state index contributed by atoms with van der Waals surface area (Å²) in [5, 5.41) is 14.3. The summed E-state index contributed by atoms with van der Waals surface area (Å²) >= 11 is 1.43. The van der Waals surface area contributed by atoms with Crippen molar-refractivity contribution >= 4 is 45.9 Å². The van der Waals surface area contributed by atoms with Gasteiger partial charge in [-0.25, -0.2) is 13.2 Å². The summed E-state index contributed by atoms with van der Waals surface area (Å²) in [5.74, 6) is 1.60. The molecule has 49 heavy (non-hydrogen) atoms. The Bertz CT molecular complexity index is 1700. The van der Waals surface area contributed by atoms with Gasteiger partial charge in [0.2, 0.25) is 0 Å². The van der Waals surface area contributed by atoms with E-state index in [1.807, 2.05) is 64.1 Å². The highest BCUT2D eigenvalue weighted by Crippen LogP contribution is 2.38. The number of likely N-dealkylation sites (tertiary alicyclic amines) is 1. The Hall–Kier alpha value is -3.03. The van der Waals surface area contributed by atoms with Crippen molar-refractivity contribution in [1.29, 1.82) is 0 Å². The number of amides is 2. The lowest BCUT2D eigenvalue weighted by atomic mass is 9.79. The van der Waals surface area contributed by atoms with Gasteiger partial charge >= 0.3 is 13.1 Å². The van der Waals surface area contributed by atoms with Crippen LogP contribution < -0.4 is 15.5 Å². The lowest BCUT2D eigenvalue weighted by Gasteiger charge is -2.39. The van der Waals surface area contributed by atoms with Crippen molar-refractivity contribution in [2.75, 3.05) is 24.7 Å². The summed E-state index contributed by atoms with van der Waals surface area (Å²) in [6.07, 6.45) is 5.11. The molecule has 0 radical (unpaired) electrons. The van der Waals surface area contributed by atoms with E-state index in [4.69, 9.17) is 14.0 Å². The van der Waals surface area contributed by atoms with Crippen molar-refractivity contribution in [3.05, 3.63) is 66.7 Å². The van der Waals surface area contributed by atoms with Crippen LogP contribution in [0.15, 0.2) is 81.4 Å². The Balaban J connectivity index is 1.33. The molecule has 2 N–H and O–H groups in total. The first-order chi connectivity index (χ1) is 23.0. The van der Waals surface area contributed by atoms with Crippen LogP contribution in [0.5, 0.6) is 11.5 Å². The van der Waals surface area contributed by atoms with E-state index in [0.29, 0.717) is 49.0 Å². The number of sulfone groups is 1. The fourth-order valence-corrected chi connectivity index (χ4v) is 7.64. The zero-order valence-electron chi connectivity index (χ0n) is 29.6. The van der Waals surface area contributed by atoms with Gasteiger partial charge in [0.1, 0.15) is 11.5 Å². The van der Waals surface area contributed by atoms with E-state index in [0.717, 1.165) is 34.5 Å². The fraction of sp³-hybridized carbons (Fsp3) is 0.486. The number of aliphatic hydroxyl groups is 1. The second-order valence-electron chi connectivity index (χ2n) is 14.3. The third-order valence-electron chi connectivity index (χ3n) is 10.1. The highest BCUT2D eigenvalue weighted by Gasteiger charge is 2.51. The van der Waals surface area contributed by atoms with E-state index in [-0.39, 0.29) is 10.9 Å². The van der Waals surface area contributed by atoms with Gasteiger partial charge in [0, 0.05) is 40.9 Å². The van der Waals surface area contributed by atoms with Gasteiger partial charge in [0.05, 0.1) is 21.7 Å². The number of urea groups is 1. The van der Waals surface area contributed by atoms with Crippen LogP contribution in [-0.2, 0) is 19.1 Å². The summed E-state index contributed by atoms with van der Waals surface area (Å²) in [7, 11) is -3.80. The molecular weight excluding hydrogens is 659 g/mol. The molecule has 5 rings (SSSR count). The maximum atomic E-state index is 13.4. The highest BCUT2D eigenvalue weighted by atomic mass is 32.2. The van der Waals surface area contributed by atoms with Crippen LogP contribution in [0.25, 0.3) is 0 Å². The van der Waals surface area contributed by atoms with Gasteiger partial charge < -0.3 is 29.4 Å². The first-order valence-corrected chi connectivity index (χ1v) is 19.7. The Morgan fingerprint density at radius 1 is 0.918 bits per heavy atom. The van der Waals surface area contributed by atoms with E-state index in [1.165, 1.54) is 18.0 Å². The summed E-state index contributed by atoms with van der Waals surface area (Å²) < 4.78 is 42.6. The molecule has 2 amide bonds. The second kappa shape index (κ2) is 14.7. The Kier molecular flexibility index (Phi) is 11.2. The summed E-state index contributed by atoms with van der Waals surface area (Å²) in [5.41, 5.74) is -0.187. The first kappa shape index (κ1) is 37.2. The molecule has 0 saturated carbocycles. The van der Waals surface area contributed by atoms with Gasteiger partial charge in [-0.2, -0.15) is 0 Å². The molecule has 0 bridgehead atoms. The Morgan fingerprint density at radius 3 is 2.06 bits per heavy atom. The molecule has 0 atom stereocenters. The molecule has 2 saturated heterocycles. The smallest absolute Gasteiger partial charge is 0.457 e. The SMILES string of the molecule is CCC(CC)CC1(O)CCN(C(=O)Nc2cc(Oc3ccc(B4OC(C)(C)C(C)(C)O4)cc3)cc(Sc3ccc(S(C)(=O)=O)cc3)c2)CC1. The molecule has 12 heteroatoms. The molecule has 0 aromatic heterocycles. The molecule has 9 nitrogen and oxygen atoms in total. The maximum absolute atomic E-state index is 13.4. The Morgan fingerprint density at radius 2 is 1.51 bits per heavy atom. The number of rotatable bonds is 11. The molecule has 2 fully saturated rings. The zero-order chi connectivity index (χ0) is 35.6. The lowest BCUT2D eigenvalue weighted by Crippen LogP contribution is -2.48. The number of hydrogen-bond donors (Lipinski definition) is 2. The van der Waals surface area contributed by atoms with Crippen LogP contribution in [0.1, 0.15) is 73.6 Å².